The SMILES string of the molecule is CO[C@@H]1OC(CO)[C@@H](O)[C@H](O[C@@H]2OC(OC=O)[C@@H](O)[C@H](OC)C2O)C1NC(C)=O. The molecule has 0 aromatic rings. The molecule has 2 heterocycles. The van der Waals surface area contributed by atoms with Gasteiger partial charge < -0.3 is 54.2 Å². The Kier molecular flexibility index (Phi) is 8.69. The lowest BCUT2D eigenvalue weighted by Gasteiger charge is -2.47. The van der Waals surface area contributed by atoms with Crippen molar-refractivity contribution in [3.8, 4) is 0 Å². The van der Waals surface area contributed by atoms with E-state index in [0.29, 0.717) is 0 Å². The van der Waals surface area contributed by atoms with Crippen LogP contribution >= 0.6 is 0 Å². The Morgan fingerprint density at radius 1 is 1.00 bits per heavy atom. The van der Waals surface area contributed by atoms with Crippen LogP contribution in [0, 0.1) is 0 Å². The molecule has 2 rings (SSSR count). The summed E-state index contributed by atoms with van der Waals surface area (Å²) in [4.78, 5) is 22.3. The average Bonchev–Trinajstić information content (AvgIpc) is 2.68. The average molecular weight is 425 g/mol. The van der Waals surface area contributed by atoms with Gasteiger partial charge in [-0.3, -0.25) is 9.59 Å². The minimum atomic E-state index is -1.55. The summed E-state index contributed by atoms with van der Waals surface area (Å²) >= 11 is 0. The summed E-state index contributed by atoms with van der Waals surface area (Å²) in [6.45, 7) is 0.686. The maximum Gasteiger partial charge on any atom is 0.295 e. The van der Waals surface area contributed by atoms with Gasteiger partial charge in [-0.15, -0.1) is 0 Å². The van der Waals surface area contributed by atoms with Crippen LogP contribution < -0.4 is 5.32 Å². The van der Waals surface area contributed by atoms with E-state index in [4.69, 9.17) is 23.7 Å². The summed E-state index contributed by atoms with van der Waals surface area (Å²) in [7, 11) is 2.50. The number of rotatable bonds is 8. The monoisotopic (exact) mass is 425 g/mol. The van der Waals surface area contributed by atoms with Gasteiger partial charge in [-0.1, -0.05) is 0 Å². The Labute approximate surface area is 166 Å². The molecule has 0 radical (unpaired) electrons. The van der Waals surface area contributed by atoms with Crippen molar-refractivity contribution < 1.29 is 58.4 Å². The fourth-order valence-electron chi connectivity index (χ4n) is 3.34. The molecule has 10 atom stereocenters. The largest absolute Gasteiger partial charge is 0.435 e. The number of aliphatic hydroxyl groups excluding tert-OH is 4. The molecule has 29 heavy (non-hydrogen) atoms. The fourth-order valence-corrected chi connectivity index (χ4v) is 3.34. The van der Waals surface area contributed by atoms with E-state index in [2.05, 4.69) is 10.1 Å². The second-order valence-electron chi connectivity index (χ2n) is 6.57. The summed E-state index contributed by atoms with van der Waals surface area (Å²) in [5, 5.41) is 43.1. The lowest BCUT2D eigenvalue weighted by Crippen LogP contribution is -2.68. The molecule has 0 aliphatic carbocycles. The molecule has 4 unspecified atom stereocenters. The molecule has 0 aromatic carbocycles. The van der Waals surface area contributed by atoms with E-state index in [-0.39, 0.29) is 6.47 Å². The van der Waals surface area contributed by atoms with E-state index in [1.54, 1.807) is 0 Å². The van der Waals surface area contributed by atoms with Crippen LogP contribution in [0.2, 0.25) is 0 Å². The summed E-state index contributed by atoms with van der Waals surface area (Å²) in [5.74, 6) is -0.485. The minimum Gasteiger partial charge on any atom is -0.435 e. The van der Waals surface area contributed by atoms with Crippen LogP contribution in [0.3, 0.4) is 0 Å². The third-order valence-corrected chi connectivity index (χ3v) is 4.71. The Balaban J connectivity index is 2.29. The number of carbonyl (C=O) groups is 2. The molecule has 2 saturated heterocycles. The quantitative estimate of drug-likeness (QED) is 0.239. The lowest BCUT2D eigenvalue weighted by molar-refractivity contribution is -0.368. The number of ether oxygens (including phenoxy) is 6. The smallest absolute Gasteiger partial charge is 0.295 e. The van der Waals surface area contributed by atoms with Crippen LogP contribution in [-0.2, 0) is 38.0 Å². The first-order chi connectivity index (χ1) is 13.8. The Bertz CT molecular complexity index is 550. The van der Waals surface area contributed by atoms with Gasteiger partial charge >= 0.3 is 0 Å². The van der Waals surface area contributed by atoms with Gasteiger partial charge in [0.1, 0.15) is 42.7 Å². The van der Waals surface area contributed by atoms with E-state index in [1.807, 2.05) is 0 Å². The van der Waals surface area contributed by atoms with Crippen LogP contribution in [0.5, 0.6) is 0 Å². The van der Waals surface area contributed by atoms with E-state index < -0.39 is 74.0 Å². The highest BCUT2D eigenvalue weighted by Crippen LogP contribution is 2.30. The Morgan fingerprint density at radius 2 is 1.66 bits per heavy atom. The molecule has 13 heteroatoms. The standard InChI is InChI=1S/C16H27NO12/c1-6(20)17-8-12(9(21)7(4-18)27-14(8)25-3)28-16-11(23)13(24-2)10(22)15(29-16)26-5-19/h5,7-16,18,21-23H,4H2,1-3H3,(H,17,20)/t7?,8?,9-,10+,11?,12-,13+,14-,15?,16-/m1/s1. The zero-order valence-electron chi connectivity index (χ0n) is 16.1. The maximum atomic E-state index is 11.6. The van der Waals surface area contributed by atoms with Crippen molar-refractivity contribution in [3.63, 3.8) is 0 Å². The zero-order chi connectivity index (χ0) is 21.7. The van der Waals surface area contributed by atoms with Crippen molar-refractivity contribution in [3.05, 3.63) is 0 Å². The second kappa shape index (κ2) is 10.6. The molecule has 0 saturated carbocycles. The number of methoxy groups -OCH3 is 2. The van der Waals surface area contributed by atoms with Crippen LogP contribution in [0.4, 0.5) is 0 Å². The van der Waals surface area contributed by atoms with Gasteiger partial charge in [0.15, 0.2) is 12.6 Å². The first-order valence-electron chi connectivity index (χ1n) is 8.82. The number of nitrogens with one attached hydrogen (secondary N) is 1. The number of hydrogen-bond donors (Lipinski definition) is 5. The van der Waals surface area contributed by atoms with E-state index in [1.165, 1.54) is 21.1 Å². The van der Waals surface area contributed by atoms with Crippen molar-refractivity contribution in [1.29, 1.82) is 0 Å². The molecule has 2 aliphatic heterocycles. The molecular weight excluding hydrogens is 398 g/mol. The molecule has 168 valence electrons. The van der Waals surface area contributed by atoms with Crippen molar-refractivity contribution in [2.24, 2.45) is 0 Å². The second-order valence-corrected chi connectivity index (χ2v) is 6.57. The zero-order valence-corrected chi connectivity index (χ0v) is 16.1. The normalized spacial score (nSPS) is 42.9. The summed E-state index contributed by atoms with van der Waals surface area (Å²) in [6, 6.07) is -1.05. The molecule has 0 spiro atoms. The first-order valence-corrected chi connectivity index (χ1v) is 8.82. The van der Waals surface area contributed by atoms with Crippen molar-refractivity contribution in [1.82, 2.24) is 5.32 Å². The van der Waals surface area contributed by atoms with Crippen molar-refractivity contribution in [2.75, 3.05) is 20.8 Å². The van der Waals surface area contributed by atoms with Crippen molar-refractivity contribution >= 4 is 12.4 Å². The van der Waals surface area contributed by atoms with Crippen LogP contribution in [0.25, 0.3) is 0 Å². The predicted molar refractivity (Wildman–Crippen MR) is 89.9 cm³/mol. The molecule has 13 nitrogen and oxygen atoms in total. The van der Waals surface area contributed by atoms with Crippen LogP contribution in [-0.4, -0.2) is 115 Å². The third-order valence-electron chi connectivity index (χ3n) is 4.71. The van der Waals surface area contributed by atoms with Gasteiger partial charge in [0.25, 0.3) is 6.47 Å². The maximum absolute atomic E-state index is 11.6. The van der Waals surface area contributed by atoms with Gasteiger partial charge in [-0.05, 0) is 0 Å². The Hall–Kier alpha value is -1.42. The van der Waals surface area contributed by atoms with Gasteiger partial charge in [0, 0.05) is 21.1 Å². The van der Waals surface area contributed by atoms with Crippen LogP contribution in [0.15, 0.2) is 0 Å². The molecule has 2 fully saturated rings. The van der Waals surface area contributed by atoms with E-state index in [0.717, 1.165) is 0 Å². The Morgan fingerprint density at radius 3 is 2.17 bits per heavy atom. The minimum absolute atomic E-state index is 0.0432. The van der Waals surface area contributed by atoms with Gasteiger partial charge in [0.2, 0.25) is 12.2 Å². The molecular formula is C16H27NO12. The highest BCUT2D eigenvalue weighted by atomic mass is 16.8. The van der Waals surface area contributed by atoms with Crippen LogP contribution in [0.1, 0.15) is 6.92 Å². The topological polar surface area (TPSA) is 182 Å². The fraction of sp³-hybridized carbons (Fsp3) is 0.875. The number of hydrogen-bond acceptors (Lipinski definition) is 12. The van der Waals surface area contributed by atoms with Gasteiger partial charge in [-0.25, -0.2) is 0 Å². The highest BCUT2D eigenvalue weighted by molar-refractivity contribution is 5.73. The predicted octanol–water partition coefficient (Wildman–Crippen LogP) is -3.81. The summed E-state index contributed by atoms with van der Waals surface area (Å²) in [5.41, 5.74) is 0. The lowest BCUT2D eigenvalue weighted by atomic mass is 9.96. The van der Waals surface area contributed by atoms with E-state index in [9.17, 15) is 30.0 Å². The first kappa shape index (κ1) is 23.9. The number of amides is 1. The van der Waals surface area contributed by atoms with Gasteiger partial charge in [-0.2, -0.15) is 0 Å². The third kappa shape index (κ3) is 5.20. The molecule has 0 bridgehead atoms. The molecule has 5 N–H and O–H groups in total. The summed E-state index contributed by atoms with van der Waals surface area (Å²) < 4.78 is 31.3. The number of aliphatic hydroxyl groups is 4. The highest BCUT2D eigenvalue weighted by Gasteiger charge is 2.52. The van der Waals surface area contributed by atoms with E-state index >= 15 is 0 Å². The van der Waals surface area contributed by atoms with Crippen molar-refractivity contribution in [2.45, 2.75) is 68.5 Å². The summed E-state index contributed by atoms with van der Waals surface area (Å²) in [6.07, 6.45) is -12.3. The number of carbonyl (C=O) groups excluding carboxylic acids is 2. The van der Waals surface area contributed by atoms with Gasteiger partial charge in [0.05, 0.1) is 6.61 Å². The molecule has 1 amide bonds. The molecule has 2 aliphatic rings. The molecule has 0 aromatic heterocycles.